The fraction of sp³-hybridized carbons (Fsp3) is 0.462. The highest BCUT2D eigenvalue weighted by atomic mass is 35.5. The fourth-order valence-corrected chi connectivity index (χ4v) is 3.12. The molecule has 1 saturated carbocycles. The van der Waals surface area contributed by atoms with Crippen molar-refractivity contribution >= 4 is 29.2 Å². The lowest BCUT2D eigenvalue weighted by atomic mass is 10.0. The zero-order valence-electron chi connectivity index (χ0n) is 9.96. The zero-order valence-corrected chi connectivity index (χ0v) is 11.5. The van der Waals surface area contributed by atoms with Crippen LogP contribution in [0.2, 0.25) is 10.0 Å². The van der Waals surface area contributed by atoms with Crippen molar-refractivity contribution in [2.45, 2.75) is 19.8 Å². The lowest BCUT2D eigenvalue weighted by Crippen LogP contribution is -2.07. The van der Waals surface area contributed by atoms with Crippen molar-refractivity contribution in [1.82, 2.24) is 0 Å². The van der Waals surface area contributed by atoms with Crippen LogP contribution >= 0.6 is 23.2 Å². The molecule has 0 aromatic heterocycles. The van der Waals surface area contributed by atoms with Crippen molar-refractivity contribution in [3.05, 3.63) is 33.8 Å². The van der Waals surface area contributed by atoms with E-state index in [2.05, 4.69) is 0 Å². The summed E-state index contributed by atoms with van der Waals surface area (Å²) in [6.07, 6.45) is 0. The van der Waals surface area contributed by atoms with E-state index in [4.69, 9.17) is 27.9 Å². The molecule has 1 aliphatic carbocycles. The maximum Gasteiger partial charge on any atom is 0.309 e. The Morgan fingerprint density at radius 1 is 1.24 bits per heavy atom. The molecule has 1 aromatic carbocycles. The molecule has 2 nitrogen and oxygen atoms in total. The van der Waals surface area contributed by atoms with Crippen molar-refractivity contribution in [1.29, 1.82) is 0 Å². The Hall–Kier alpha value is -0.730. The molecule has 2 rings (SSSR count). The second-order valence-corrected chi connectivity index (χ2v) is 5.88. The van der Waals surface area contributed by atoms with E-state index in [0.717, 1.165) is 5.56 Å². The molecule has 4 heteroatoms. The number of hydrogen-bond donors (Lipinski definition) is 0. The van der Waals surface area contributed by atoms with E-state index in [0.29, 0.717) is 10.0 Å². The molecule has 0 heterocycles. The molecule has 0 N–H and O–H groups in total. The SMILES string of the molecule is COC(=O)C1C(c2cc(Cl)cc(Cl)c2)C1(C)C. The Morgan fingerprint density at radius 2 is 1.76 bits per heavy atom. The largest absolute Gasteiger partial charge is 0.469 e. The number of benzene rings is 1. The molecule has 0 aliphatic heterocycles. The highest BCUT2D eigenvalue weighted by Crippen LogP contribution is 2.65. The molecular formula is C13H14Cl2O2. The zero-order chi connectivity index (χ0) is 12.8. The van der Waals surface area contributed by atoms with E-state index < -0.39 is 0 Å². The molecule has 1 fully saturated rings. The molecule has 2 unspecified atom stereocenters. The van der Waals surface area contributed by atoms with Gasteiger partial charge in [-0.2, -0.15) is 0 Å². The molecule has 0 bridgehead atoms. The van der Waals surface area contributed by atoms with Gasteiger partial charge in [0.1, 0.15) is 0 Å². The van der Waals surface area contributed by atoms with Crippen LogP contribution in [0, 0.1) is 11.3 Å². The minimum Gasteiger partial charge on any atom is -0.469 e. The van der Waals surface area contributed by atoms with Gasteiger partial charge in [-0.05, 0) is 29.2 Å². The van der Waals surface area contributed by atoms with Gasteiger partial charge in [0.2, 0.25) is 0 Å². The van der Waals surface area contributed by atoms with Crippen LogP contribution in [0.1, 0.15) is 25.3 Å². The van der Waals surface area contributed by atoms with Crippen LogP contribution in [0.3, 0.4) is 0 Å². The number of carbonyl (C=O) groups excluding carboxylic acids is 1. The van der Waals surface area contributed by atoms with Crippen molar-refractivity contribution in [3.8, 4) is 0 Å². The molecule has 1 aromatic rings. The third-order valence-corrected chi connectivity index (χ3v) is 3.96. The Kier molecular flexibility index (Phi) is 3.13. The third-order valence-electron chi connectivity index (χ3n) is 3.53. The number of halogens is 2. The molecule has 1 aliphatic rings. The van der Waals surface area contributed by atoms with Gasteiger partial charge in [-0.15, -0.1) is 0 Å². The second kappa shape index (κ2) is 4.18. The summed E-state index contributed by atoms with van der Waals surface area (Å²) in [5.74, 6) is -0.149. The van der Waals surface area contributed by atoms with Crippen LogP contribution in [0.25, 0.3) is 0 Å². The van der Waals surface area contributed by atoms with Gasteiger partial charge in [-0.25, -0.2) is 0 Å². The summed E-state index contributed by atoms with van der Waals surface area (Å²) in [5.41, 5.74) is 0.907. The number of methoxy groups -OCH3 is 1. The van der Waals surface area contributed by atoms with E-state index >= 15 is 0 Å². The van der Waals surface area contributed by atoms with Crippen molar-refractivity contribution < 1.29 is 9.53 Å². The maximum absolute atomic E-state index is 11.7. The van der Waals surface area contributed by atoms with E-state index in [9.17, 15) is 4.79 Å². The van der Waals surface area contributed by atoms with Crippen LogP contribution < -0.4 is 0 Å². The molecule has 0 radical (unpaired) electrons. The van der Waals surface area contributed by atoms with E-state index in [1.807, 2.05) is 26.0 Å². The van der Waals surface area contributed by atoms with E-state index in [-0.39, 0.29) is 23.2 Å². The summed E-state index contributed by atoms with van der Waals surface area (Å²) in [5, 5.41) is 1.19. The van der Waals surface area contributed by atoms with Gasteiger partial charge in [-0.3, -0.25) is 4.79 Å². The van der Waals surface area contributed by atoms with Gasteiger partial charge in [0.05, 0.1) is 13.0 Å². The first-order valence-electron chi connectivity index (χ1n) is 5.41. The van der Waals surface area contributed by atoms with Gasteiger partial charge in [-0.1, -0.05) is 37.0 Å². The lowest BCUT2D eigenvalue weighted by molar-refractivity contribution is -0.143. The molecular weight excluding hydrogens is 259 g/mol. The topological polar surface area (TPSA) is 26.3 Å². The molecule has 2 atom stereocenters. The first-order chi connectivity index (χ1) is 7.87. The summed E-state index contributed by atoms with van der Waals surface area (Å²) in [6.45, 7) is 4.10. The highest BCUT2D eigenvalue weighted by Gasteiger charge is 2.63. The minimum absolute atomic E-state index is 0.0961. The predicted molar refractivity (Wildman–Crippen MR) is 68.5 cm³/mol. The number of esters is 1. The highest BCUT2D eigenvalue weighted by molar-refractivity contribution is 6.34. The van der Waals surface area contributed by atoms with Crippen LogP contribution in [-0.4, -0.2) is 13.1 Å². The standard InChI is InChI=1S/C13H14Cl2O2/c1-13(2)10(11(13)12(16)17-3)7-4-8(14)6-9(15)5-7/h4-6,10-11H,1-3H3. The number of rotatable bonds is 2. The van der Waals surface area contributed by atoms with Crippen molar-refractivity contribution in [2.75, 3.05) is 7.11 Å². The smallest absolute Gasteiger partial charge is 0.309 e. The van der Waals surface area contributed by atoms with Crippen molar-refractivity contribution in [2.24, 2.45) is 11.3 Å². The number of carbonyl (C=O) groups is 1. The van der Waals surface area contributed by atoms with E-state index in [1.165, 1.54) is 7.11 Å². The molecule has 0 spiro atoms. The Bertz CT molecular complexity index is 448. The van der Waals surface area contributed by atoms with Crippen LogP contribution in [-0.2, 0) is 9.53 Å². The summed E-state index contributed by atoms with van der Waals surface area (Å²) >= 11 is 12.0. The number of hydrogen-bond acceptors (Lipinski definition) is 2. The van der Waals surface area contributed by atoms with Gasteiger partial charge < -0.3 is 4.74 Å². The summed E-state index contributed by atoms with van der Waals surface area (Å²) in [7, 11) is 1.42. The fourth-order valence-electron chi connectivity index (χ4n) is 2.58. The van der Waals surface area contributed by atoms with Gasteiger partial charge in [0, 0.05) is 16.0 Å². The quantitative estimate of drug-likeness (QED) is 0.764. The molecule has 17 heavy (non-hydrogen) atoms. The molecule has 0 saturated heterocycles. The first-order valence-corrected chi connectivity index (χ1v) is 6.17. The summed E-state index contributed by atoms with van der Waals surface area (Å²) in [4.78, 5) is 11.7. The van der Waals surface area contributed by atoms with Crippen LogP contribution in [0.4, 0.5) is 0 Å². The Balaban J connectivity index is 2.33. The summed E-state index contributed by atoms with van der Waals surface area (Å²) in [6, 6.07) is 5.42. The normalized spacial score (nSPS) is 25.5. The molecule has 92 valence electrons. The third kappa shape index (κ3) is 2.16. The monoisotopic (exact) mass is 272 g/mol. The van der Waals surface area contributed by atoms with Crippen molar-refractivity contribution in [3.63, 3.8) is 0 Å². The first kappa shape index (κ1) is 12.7. The van der Waals surface area contributed by atoms with E-state index in [1.54, 1.807) is 6.07 Å². The maximum atomic E-state index is 11.7. The van der Waals surface area contributed by atoms with Crippen LogP contribution in [0.5, 0.6) is 0 Å². The Morgan fingerprint density at radius 3 is 2.24 bits per heavy atom. The van der Waals surface area contributed by atoms with Gasteiger partial charge in [0.15, 0.2) is 0 Å². The van der Waals surface area contributed by atoms with Gasteiger partial charge in [0.25, 0.3) is 0 Å². The van der Waals surface area contributed by atoms with Crippen LogP contribution in [0.15, 0.2) is 18.2 Å². The van der Waals surface area contributed by atoms with Gasteiger partial charge >= 0.3 is 5.97 Å². The average molecular weight is 273 g/mol. The summed E-state index contributed by atoms with van der Waals surface area (Å²) < 4.78 is 4.82. The average Bonchev–Trinajstić information content (AvgIpc) is 2.79. The predicted octanol–water partition coefficient (Wildman–Crippen LogP) is 3.91. The Labute approximate surface area is 111 Å². The second-order valence-electron chi connectivity index (χ2n) is 5.00. The number of ether oxygens (including phenoxy) is 1. The lowest BCUT2D eigenvalue weighted by Gasteiger charge is -2.04. The minimum atomic E-state index is -0.170. The molecule has 0 amide bonds.